The fourth-order valence-corrected chi connectivity index (χ4v) is 3.69. The van der Waals surface area contributed by atoms with Crippen LogP contribution < -0.4 is 0 Å². The van der Waals surface area contributed by atoms with Crippen molar-refractivity contribution in [3.63, 3.8) is 0 Å². The first-order chi connectivity index (χ1) is 10.8. The van der Waals surface area contributed by atoms with Crippen molar-refractivity contribution in [1.29, 1.82) is 0 Å². The lowest BCUT2D eigenvalue weighted by Crippen LogP contribution is -2.55. The van der Waals surface area contributed by atoms with E-state index >= 15 is 0 Å². The standard InChI is InChI=1S/C18H32N2O3/c1-14(2)7-11-19-12-18(9-6-16(19)21)8-5-10-20(13-18)17(22)23-15(3)4/h14-15H,5-13H2,1-4H3. The number of likely N-dealkylation sites (tertiary alicyclic amines) is 2. The molecule has 1 spiro atoms. The van der Waals surface area contributed by atoms with E-state index in [-0.39, 0.29) is 23.5 Å². The molecule has 1 unspecified atom stereocenters. The Kier molecular flexibility index (Phi) is 5.93. The van der Waals surface area contributed by atoms with E-state index in [4.69, 9.17) is 4.74 Å². The number of rotatable bonds is 4. The van der Waals surface area contributed by atoms with Crippen LogP contribution in [0, 0.1) is 11.3 Å². The smallest absolute Gasteiger partial charge is 0.410 e. The molecule has 2 aliphatic heterocycles. The molecular formula is C18H32N2O3. The largest absolute Gasteiger partial charge is 0.447 e. The van der Waals surface area contributed by atoms with Gasteiger partial charge in [-0.15, -0.1) is 0 Å². The van der Waals surface area contributed by atoms with E-state index in [0.29, 0.717) is 12.3 Å². The summed E-state index contributed by atoms with van der Waals surface area (Å²) in [6.45, 7) is 11.3. The lowest BCUT2D eigenvalue weighted by Gasteiger charge is -2.48. The fourth-order valence-electron chi connectivity index (χ4n) is 3.69. The van der Waals surface area contributed by atoms with Gasteiger partial charge in [0.05, 0.1) is 6.10 Å². The fraction of sp³-hybridized carbons (Fsp3) is 0.889. The first-order valence-electron chi connectivity index (χ1n) is 9.05. The highest BCUT2D eigenvalue weighted by molar-refractivity contribution is 5.77. The Bertz CT molecular complexity index is 430. The van der Waals surface area contributed by atoms with Crippen molar-refractivity contribution in [3.05, 3.63) is 0 Å². The van der Waals surface area contributed by atoms with Crippen LogP contribution in [-0.2, 0) is 9.53 Å². The molecule has 2 aliphatic rings. The zero-order valence-corrected chi connectivity index (χ0v) is 15.1. The van der Waals surface area contributed by atoms with Crippen LogP contribution in [0.25, 0.3) is 0 Å². The summed E-state index contributed by atoms with van der Waals surface area (Å²) in [6.07, 6.45) is 4.37. The number of carbonyl (C=O) groups excluding carboxylic acids is 2. The molecule has 23 heavy (non-hydrogen) atoms. The Morgan fingerprint density at radius 3 is 2.61 bits per heavy atom. The summed E-state index contributed by atoms with van der Waals surface area (Å²) >= 11 is 0. The van der Waals surface area contributed by atoms with Crippen LogP contribution in [0.15, 0.2) is 0 Å². The molecule has 1 atom stereocenters. The molecule has 2 fully saturated rings. The SMILES string of the molecule is CC(C)CCN1CC2(CCCN(C(=O)OC(C)C)C2)CCC1=O. The molecule has 0 aromatic rings. The van der Waals surface area contributed by atoms with Gasteiger partial charge in [0, 0.05) is 38.0 Å². The number of nitrogens with zero attached hydrogens (tertiary/aromatic N) is 2. The van der Waals surface area contributed by atoms with Crippen molar-refractivity contribution in [2.75, 3.05) is 26.2 Å². The van der Waals surface area contributed by atoms with Crippen LogP contribution in [0.3, 0.4) is 0 Å². The van der Waals surface area contributed by atoms with Gasteiger partial charge in [0.2, 0.25) is 5.91 Å². The maximum absolute atomic E-state index is 12.2. The Morgan fingerprint density at radius 1 is 1.22 bits per heavy atom. The molecule has 5 nitrogen and oxygen atoms in total. The number of hydrogen-bond acceptors (Lipinski definition) is 3. The third-order valence-electron chi connectivity index (χ3n) is 4.98. The first kappa shape index (κ1) is 18.1. The first-order valence-corrected chi connectivity index (χ1v) is 9.05. The highest BCUT2D eigenvalue weighted by atomic mass is 16.6. The molecule has 2 rings (SSSR count). The number of piperidine rings is 2. The van der Waals surface area contributed by atoms with Crippen molar-refractivity contribution in [2.45, 2.75) is 65.9 Å². The summed E-state index contributed by atoms with van der Waals surface area (Å²) in [5.74, 6) is 0.878. The van der Waals surface area contributed by atoms with Crippen LogP contribution >= 0.6 is 0 Å². The molecule has 0 N–H and O–H groups in total. The summed E-state index contributed by atoms with van der Waals surface area (Å²) in [7, 11) is 0. The Labute approximate surface area is 140 Å². The van der Waals surface area contributed by atoms with Crippen molar-refractivity contribution in [3.8, 4) is 0 Å². The van der Waals surface area contributed by atoms with Gasteiger partial charge in [-0.25, -0.2) is 4.79 Å². The molecule has 0 aromatic heterocycles. The van der Waals surface area contributed by atoms with E-state index < -0.39 is 0 Å². The van der Waals surface area contributed by atoms with Gasteiger partial charge < -0.3 is 14.5 Å². The maximum atomic E-state index is 12.2. The molecule has 0 aromatic carbocycles. The van der Waals surface area contributed by atoms with Gasteiger partial charge in [-0.1, -0.05) is 13.8 Å². The minimum Gasteiger partial charge on any atom is -0.447 e. The van der Waals surface area contributed by atoms with Crippen LogP contribution in [-0.4, -0.2) is 54.1 Å². The summed E-state index contributed by atoms with van der Waals surface area (Å²) in [6, 6.07) is 0. The molecular weight excluding hydrogens is 292 g/mol. The Balaban J connectivity index is 1.99. The van der Waals surface area contributed by atoms with E-state index in [0.717, 1.165) is 51.9 Å². The predicted molar refractivity (Wildman–Crippen MR) is 90.1 cm³/mol. The van der Waals surface area contributed by atoms with Gasteiger partial charge in [0.15, 0.2) is 0 Å². The van der Waals surface area contributed by atoms with Crippen molar-refractivity contribution in [1.82, 2.24) is 9.80 Å². The lowest BCUT2D eigenvalue weighted by molar-refractivity contribution is -0.139. The number of ether oxygens (including phenoxy) is 1. The molecule has 2 amide bonds. The summed E-state index contributed by atoms with van der Waals surface area (Å²) < 4.78 is 5.36. The van der Waals surface area contributed by atoms with E-state index in [9.17, 15) is 9.59 Å². The Morgan fingerprint density at radius 2 is 1.96 bits per heavy atom. The minimum atomic E-state index is -0.204. The van der Waals surface area contributed by atoms with Crippen molar-refractivity contribution >= 4 is 12.0 Å². The van der Waals surface area contributed by atoms with Crippen LogP contribution in [0.1, 0.15) is 59.8 Å². The highest BCUT2D eigenvalue weighted by Gasteiger charge is 2.43. The van der Waals surface area contributed by atoms with E-state index in [1.807, 2.05) is 23.6 Å². The van der Waals surface area contributed by atoms with Gasteiger partial charge in [-0.05, 0) is 45.4 Å². The van der Waals surface area contributed by atoms with Crippen LogP contribution in [0.4, 0.5) is 4.79 Å². The molecule has 0 aliphatic carbocycles. The van der Waals surface area contributed by atoms with Gasteiger partial charge in [0.25, 0.3) is 0 Å². The van der Waals surface area contributed by atoms with Gasteiger partial charge >= 0.3 is 6.09 Å². The molecule has 0 bridgehead atoms. The molecule has 0 saturated carbocycles. The summed E-state index contributed by atoms with van der Waals surface area (Å²) in [4.78, 5) is 28.3. The zero-order chi connectivity index (χ0) is 17.0. The van der Waals surface area contributed by atoms with Gasteiger partial charge in [0.1, 0.15) is 0 Å². The highest BCUT2D eigenvalue weighted by Crippen LogP contribution is 2.39. The van der Waals surface area contributed by atoms with E-state index in [1.165, 1.54) is 0 Å². The summed E-state index contributed by atoms with van der Waals surface area (Å²) in [5.41, 5.74) is 0.0686. The average molecular weight is 324 g/mol. The third-order valence-corrected chi connectivity index (χ3v) is 4.98. The predicted octanol–water partition coefficient (Wildman–Crippen LogP) is 3.28. The average Bonchev–Trinajstić information content (AvgIpc) is 2.48. The molecule has 0 radical (unpaired) electrons. The van der Waals surface area contributed by atoms with Crippen LogP contribution in [0.2, 0.25) is 0 Å². The van der Waals surface area contributed by atoms with Gasteiger partial charge in [-0.2, -0.15) is 0 Å². The third kappa shape index (κ3) is 4.85. The second-order valence-corrected chi connectivity index (χ2v) is 7.96. The quantitative estimate of drug-likeness (QED) is 0.797. The van der Waals surface area contributed by atoms with Crippen molar-refractivity contribution in [2.24, 2.45) is 11.3 Å². The summed E-state index contributed by atoms with van der Waals surface area (Å²) in [5, 5.41) is 0. The van der Waals surface area contributed by atoms with Gasteiger partial charge in [-0.3, -0.25) is 4.79 Å². The second-order valence-electron chi connectivity index (χ2n) is 7.96. The number of amides is 2. The topological polar surface area (TPSA) is 49.9 Å². The number of carbonyl (C=O) groups is 2. The molecule has 5 heteroatoms. The van der Waals surface area contributed by atoms with Crippen LogP contribution in [0.5, 0.6) is 0 Å². The monoisotopic (exact) mass is 324 g/mol. The second kappa shape index (κ2) is 7.54. The normalized spacial score (nSPS) is 25.6. The van der Waals surface area contributed by atoms with E-state index in [2.05, 4.69) is 13.8 Å². The molecule has 2 heterocycles. The molecule has 2 saturated heterocycles. The zero-order valence-electron chi connectivity index (χ0n) is 15.1. The van der Waals surface area contributed by atoms with E-state index in [1.54, 1.807) is 0 Å². The Hall–Kier alpha value is -1.26. The number of hydrogen-bond donors (Lipinski definition) is 0. The van der Waals surface area contributed by atoms with Crippen molar-refractivity contribution < 1.29 is 14.3 Å². The lowest BCUT2D eigenvalue weighted by atomic mass is 9.73. The maximum Gasteiger partial charge on any atom is 0.410 e. The minimum absolute atomic E-state index is 0.0686. The molecule has 132 valence electrons.